The maximum atomic E-state index is 12.7. The zero-order chi connectivity index (χ0) is 26.4. The van der Waals surface area contributed by atoms with Crippen molar-refractivity contribution in [1.82, 2.24) is 25.1 Å². The van der Waals surface area contributed by atoms with Gasteiger partial charge in [-0.3, -0.25) is 9.59 Å². The number of nitrogens with zero attached hydrogens (tertiary/aromatic N) is 4. The maximum absolute atomic E-state index is 12.7. The molecule has 13 heteroatoms. The quantitative estimate of drug-likeness (QED) is 0.480. The molecule has 0 aromatic carbocycles. The number of hydrogen-bond acceptors (Lipinski definition) is 8. The summed E-state index contributed by atoms with van der Waals surface area (Å²) in [4.78, 5) is 34.1. The average molecular weight is 525 g/mol. The van der Waals surface area contributed by atoms with E-state index in [1.807, 2.05) is 0 Å². The number of ether oxygens (including phenoxy) is 2. The summed E-state index contributed by atoms with van der Waals surface area (Å²) in [6, 6.07) is -0.0978. The second-order valence-corrected chi connectivity index (χ2v) is 9.42. The Hall–Kier alpha value is -3.06. The molecule has 2 saturated heterocycles. The van der Waals surface area contributed by atoms with Gasteiger partial charge in [-0.25, -0.2) is 15.1 Å². The Morgan fingerprint density at radius 3 is 2.62 bits per heavy atom. The van der Waals surface area contributed by atoms with Gasteiger partial charge in [0.2, 0.25) is 5.91 Å². The minimum absolute atomic E-state index is 0.0323. The van der Waals surface area contributed by atoms with Gasteiger partial charge < -0.3 is 19.7 Å². The number of piperidine rings is 1. The first-order valence-electron chi connectivity index (χ1n) is 12.4. The lowest BCUT2D eigenvalue weighted by molar-refractivity contribution is -0.138. The predicted molar refractivity (Wildman–Crippen MR) is 127 cm³/mol. The van der Waals surface area contributed by atoms with Crippen LogP contribution in [0.4, 0.5) is 18.9 Å². The summed E-state index contributed by atoms with van der Waals surface area (Å²) >= 11 is 0. The van der Waals surface area contributed by atoms with Gasteiger partial charge in [-0.1, -0.05) is 0 Å². The van der Waals surface area contributed by atoms with E-state index in [0.717, 1.165) is 18.8 Å². The molecule has 2 fully saturated rings. The number of alkyl halides is 3. The molecule has 2 aliphatic rings. The lowest BCUT2D eigenvalue weighted by Gasteiger charge is -2.31. The minimum Gasteiger partial charge on any atom is -0.381 e. The number of carbonyl (C=O) groups excluding carboxylic acids is 1. The maximum Gasteiger partial charge on any atom is 0.419 e. The first kappa shape index (κ1) is 27.0. The van der Waals surface area contributed by atoms with Crippen LogP contribution in [-0.2, 0) is 20.4 Å². The van der Waals surface area contributed by atoms with Crippen molar-refractivity contribution < 1.29 is 27.4 Å². The molecule has 2 N–H and O–H groups in total. The molecular weight excluding hydrogens is 493 g/mol. The third-order valence-electron chi connectivity index (χ3n) is 6.95. The number of anilines is 1. The molecule has 0 aliphatic carbocycles. The van der Waals surface area contributed by atoms with Crippen LogP contribution in [-0.4, -0.2) is 76.5 Å². The number of rotatable bonds is 9. The van der Waals surface area contributed by atoms with Crippen LogP contribution in [0.3, 0.4) is 0 Å². The summed E-state index contributed by atoms with van der Waals surface area (Å²) in [5, 5.41) is 9.62. The van der Waals surface area contributed by atoms with Crippen molar-refractivity contribution in [3.05, 3.63) is 45.9 Å². The number of carbonyl (C=O) groups is 1. The zero-order valence-electron chi connectivity index (χ0n) is 20.6. The summed E-state index contributed by atoms with van der Waals surface area (Å²) in [6.07, 6.45) is 1.00. The molecule has 202 valence electrons. The van der Waals surface area contributed by atoms with E-state index in [1.165, 1.54) is 0 Å². The highest BCUT2D eigenvalue weighted by Gasteiger charge is 2.32. The standard InChI is InChI=1S/C24H31F3N6O4/c1-15-19(12-30-32-23(15)35)31-20(17-4-8-36-13-17)14-37-9-5-21(34)33-6-2-16(3-7-33)22-28-10-18(11-29-22)24(25,26)27/h10-12,16-17,20H,2-9,13-14H2,1H3,(H2,31,32,35)/t17-,20-/m0/s1. The Kier molecular flexibility index (Phi) is 8.75. The highest BCUT2D eigenvalue weighted by molar-refractivity contribution is 5.76. The number of amides is 1. The SMILES string of the molecule is Cc1c(N[C@@H](COCCC(=O)N2CCC(c3ncc(C(F)(F)F)cn3)CC2)[C@H]2CCOC2)cn[nH]c1=O. The van der Waals surface area contributed by atoms with Crippen LogP contribution in [0.5, 0.6) is 0 Å². The van der Waals surface area contributed by atoms with Gasteiger partial charge in [-0.2, -0.15) is 18.3 Å². The van der Waals surface area contributed by atoms with Gasteiger partial charge in [0.05, 0.1) is 49.7 Å². The lowest BCUT2D eigenvalue weighted by Crippen LogP contribution is -2.39. The summed E-state index contributed by atoms with van der Waals surface area (Å²) in [7, 11) is 0. The second-order valence-electron chi connectivity index (χ2n) is 9.42. The molecule has 2 aromatic rings. The minimum atomic E-state index is -4.46. The van der Waals surface area contributed by atoms with Crippen molar-refractivity contribution in [3.63, 3.8) is 0 Å². The van der Waals surface area contributed by atoms with Crippen molar-refractivity contribution in [1.29, 1.82) is 0 Å². The van der Waals surface area contributed by atoms with Gasteiger partial charge in [-0.15, -0.1) is 0 Å². The summed E-state index contributed by atoms with van der Waals surface area (Å²) < 4.78 is 49.5. The van der Waals surface area contributed by atoms with Crippen LogP contribution < -0.4 is 10.9 Å². The number of halogens is 3. The molecule has 2 aliphatic heterocycles. The molecule has 0 radical (unpaired) electrons. The van der Waals surface area contributed by atoms with E-state index >= 15 is 0 Å². The molecule has 37 heavy (non-hydrogen) atoms. The third-order valence-corrected chi connectivity index (χ3v) is 6.95. The highest BCUT2D eigenvalue weighted by Crippen LogP contribution is 2.30. The van der Waals surface area contributed by atoms with E-state index in [0.29, 0.717) is 62.8 Å². The van der Waals surface area contributed by atoms with E-state index in [2.05, 4.69) is 25.5 Å². The topological polar surface area (TPSA) is 122 Å². The number of likely N-dealkylation sites (tertiary alicyclic amines) is 1. The van der Waals surface area contributed by atoms with Gasteiger partial charge in [0, 0.05) is 49.5 Å². The Balaban J connectivity index is 1.22. The number of H-pyrrole nitrogens is 1. The second kappa shape index (κ2) is 12.0. The molecule has 0 spiro atoms. The lowest BCUT2D eigenvalue weighted by atomic mass is 9.95. The van der Waals surface area contributed by atoms with E-state index in [9.17, 15) is 22.8 Å². The van der Waals surface area contributed by atoms with Crippen molar-refractivity contribution >= 4 is 11.6 Å². The molecule has 0 saturated carbocycles. The number of aromatic amines is 1. The van der Waals surface area contributed by atoms with Gasteiger partial charge >= 0.3 is 6.18 Å². The molecule has 4 heterocycles. The Bertz CT molecular complexity index is 1100. The fourth-order valence-corrected chi connectivity index (χ4v) is 4.58. The number of aromatic nitrogens is 4. The molecular formula is C24H31F3N6O4. The average Bonchev–Trinajstić information content (AvgIpc) is 3.43. The number of hydrogen-bond donors (Lipinski definition) is 2. The van der Waals surface area contributed by atoms with Gasteiger partial charge in [0.15, 0.2) is 0 Å². The van der Waals surface area contributed by atoms with Gasteiger partial charge in [0.25, 0.3) is 5.56 Å². The van der Waals surface area contributed by atoms with Gasteiger partial charge in [-0.05, 0) is 26.2 Å². The number of nitrogens with one attached hydrogen (secondary N) is 2. The molecule has 0 unspecified atom stereocenters. The fraction of sp³-hybridized carbons (Fsp3) is 0.625. The fourth-order valence-electron chi connectivity index (χ4n) is 4.58. The van der Waals surface area contributed by atoms with Crippen molar-refractivity contribution in [2.45, 2.75) is 50.7 Å². The van der Waals surface area contributed by atoms with Crippen LogP contribution in [0.15, 0.2) is 23.4 Å². The van der Waals surface area contributed by atoms with E-state index in [1.54, 1.807) is 18.0 Å². The van der Waals surface area contributed by atoms with Crippen molar-refractivity contribution in [2.75, 3.05) is 44.8 Å². The first-order chi connectivity index (χ1) is 17.7. The molecule has 0 bridgehead atoms. The van der Waals surface area contributed by atoms with Crippen LogP contribution in [0.2, 0.25) is 0 Å². The molecule has 10 nitrogen and oxygen atoms in total. The molecule has 1 amide bonds. The summed E-state index contributed by atoms with van der Waals surface area (Å²) in [6.45, 7) is 4.56. The summed E-state index contributed by atoms with van der Waals surface area (Å²) in [5.74, 6) is 0.478. The monoisotopic (exact) mass is 524 g/mol. The Labute approximate surface area is 212 Å². The Morgan fingerprint density at radius 1 is 1.24 bits per heavy atom. The molecule has 4 rings (SSSR count). The van der Waals surface area contributed by atoms with E-state index in [4.69, 9.17) is 9.47 Å². The normalized spacial score (nSPS) is 19.7. The van der Waals surface area contributed by atoms with Crippen LogP contribution in [0.1, 0.15) is 48.6 Å². The molecule has 2 aromatic heterocycles. The smallest absolute Gasteiger partial charge is 0.381 e. The highest BCUT2D eigenvalue weighted by atomic mass is 19.4. The zero-order valence-corrected chi connectivity index (χ0v) is 20.6. The van der Waals surface area contributed by atoms with Crippen LogP contribution in [0.25, 0.3) is 0 Å². The molecule has 2 atom stereocenters. The van der Waals surface area contributed by atoms with Crippen molar-refractivity contribution in [2.24, 2.45) is 5.92 Å². The largest absolute Gasteiger partial charge is 0.419 e. The van der Waals surface area contributed by atoms with E-state index < -0.39 is 11.7 Å². The van der Waals surface area contributed by atoms with Crippen LogP contribution in [0, 0.1) is 12.8 Å². The Morgan fingerprint density at radius 2 is 1.97 bits per heavy atom. The first-order valence-corrected chi connectivity index (χ1v) is 12.4. The summed E-state index contributed by atoms with van der Waals surface area (Å²) in [5.41, 5.74) is 0.0528. The van der Waals surface area contributed by atoms with E-state index in [-0.39, 0.29) is 42.4 Å². The van der Waals surface area contributed by atoms with Crippen molar-refractivity contribution in [3.8, 4) is 0 Å². The predicted octanol–water partition coefficient (Wildman–Crippen LogP) is 2.52. The van der Waals surface area contributed by atoms with Gasteiger partial charge in [0.1, 0.15) is 5.82 Å². The van der Waals surface area contributed by atoms with Crippen LogP contribution >= 0.6 is 0 Å². The third kappa shape index (κ3) is 7.04.